The molecule has 0 spiro atoms. The first-order valence-electron chi connectivity index (χ1n) is 7.36. The summed E-state index contributed by atoms with van der Waals surface area (Å²) < 4.78 is 46.1. The van der Waals surface area contributed by atoms with Crippen LogP contribution in [0.1, 0.15) is 22.6 Å². The molecule has 5 nitrogen and oxygen atoms in total. The van der Waals surface area contributed by atoms with Crippen molar-refractivity contribution in [3.63, 3.8) is 0 Å². The quantitative estimate of drug-likeness (QED) is 0.800. The van der Waals surface area contributed by atoms with Gasteiger partial charge in [-0.05, 0) is 19.9 Å². The Kier molecular flexibility index (Phi) is 6.35. The number of para-hydroxylation sites is 1. The number of benzene rings is 1. The monoisotopic (exact) mass is 374 g/mol. The first-order valence-corrected chi connectivity index (χ1v) is 8.51. The molecular weight excluding hydrogens is 357 g/mol. The molecule has 2 aromatic rings. The fourth-order valence-electron chi connectivity index (χ4n) is 2.07. The van der Waals surface area contributed by atoms with E-state index >= 15 is 0 Å². The number of carbonyl (C=O) groups excluding carboxylic acids is 1. The minimum absolute atomic E-state index is 0.0447. The summed E-state index contributed by atoms with van der Waals surface area (Å²) in [6.45, 7) is 3.58. The molecule has 9 heteroatoms. The number of rotatable bonds is 7. The van der Waals surface area contributed by atoms with Crippen LogP contribution in [0.4, 0.5) is 13.2 Å². The number of aromatic nitrogens is 1. The van der Waals surface area contributed by atoms with Gasteiger partial charge in [0.15, 0.2) is 0 Å². The van der Waals surface area contributed by atoms with Gasteiger partial charge in [0, 0.05) is 23.4 Å². The number of amides is 1. The van der Waals surface area contributed by atoms with E-state index in [1.165, 1.54) is 30.0 Å². The average molecular weight is 374 g/mol. The molecule has 1 aromatic heterocycles. The summed E-state index contributed by atoms with van der Waals surface area (Å²) in [5, 5.41) is 6.42. The van der Waals surface area contributed by atoms with E-state index in [9.17, 15) is 18.0 Å². The van der Waals surface area contributed by atoms with Crippen LogP contribution < -0.4 is 10.1 Å². The molecule has 0 atom stereocenters. The summed E-state index contributed by atoms with van der Waals surface area (Å²) in [7, 11) is 0. The van der Waals surface area contributed by atoms with E-state index in [1.54, 1.807) is 13.0 Å². The van der Waals surface area contributed by atoms with Crippen molar-refractivity contribution in [1.82, 2.24) is 10.5 Å². The summed E-state index contributed by atoms with van der Waals surface area (Å²) in [5.41, 5.74) is 1.98. The molecule has 0 aliphatic carbocycles. The first kappa shape index (κ1) is 19.2. The maximum absolute atomic E-state index is 12.4. The SMILES string of the molecule is Cc1noc(C)c1CSCC(=O)NCc1ccccc1OC(F)(F)F. The van der Waals surface area contributed by atoms with Crippen LogP contribution in [0.2, 0.25) is 0 Å². The third kappa shape index (κ3) is 6.00. The number of nitrogens with one attached hydrogen (secondary N) is 1. The fourth-order valence-corrected chi connectivity index (χ4v) is 3.08. The highest BCUT2D eigenvalue weighted by atomic mass is 32.2. The molecule has 0 aliphatic heterocycles. The van der Waals surface area contributed by atoms with E-state index in [2.05, 4.69) is 15.2 Å². The Morgan fingerprint density at radius 1 is 1.32 bits per heavy atom. The molecule has 0 saturated carbocycles. The van der Waals surface area contributed by atoms with Gasteiger partial charge in [-0.3, -0.25) is 4.79 Å². The molecule has 0 aliphatic rings. The molecule has 2 rings (SSSR count). The Morgan fingerprint density at radius 3 is 2.68 bits per heavy atom. The topological polar surface area (TPSA) is 64.4 Å². The summed E-state index contributed by atoms with van der Waals surface area (Å²) in [5.74, 6) is 0.857. The van der Waals surface area contributed by atoms with E-state index in [-0.39, 0.29) is 29.5 Å². The summed E-state index contributed by atoms with van der Waals surface area (Å²) in [6.07, 6.45) is -4.77. The van der Waals surface area contributed by atoms with Gasteiger partial charge in [-0.1, -0.05) is 23.4 Å². The van der Waals surface area contributed by atoms with Gasteiger partial charge in [0.2, 0.25) is 5.91 Å². The fraction of sp³-hybridized carbons (Fsp3) is 0.375. The highest BCUT2D eigenvalue weighted by Gasteiger charge is 2.31. The molecule has 0 saturated heterocycles. The first-order chi connectivity index (χ1) is 11.8. The largest absolute Gasteiger partial charge is 0.573 e. The van der Waals surface area contributed by atoms with E-state index < -0.39 is 6.36 Å². The summed E-state index contributed by atoms with van der Waals surface area (Å²) in [6, 6.07) is 5.70. The third-order valence-corrected chi connectivity index (χ3v) is 4.29. The zero-order valence-corrected chi connectivity index (χ0v) is 14.5. The lowest BCUT2D eigenvalue weighted by Gasteiger charge is -2.13. The van der Waals surface area contributed by atoms with Crippen molar-refractivity contribution in [3.05, 3.63) is 46.8 Å². The van der Waals surface area contributed by atoms with Crippen LogP contribution in [-0.2, 0) is 17.1 Å². The number of nitrogens with zero attached hydrogens (tertiary/aromatic N) is 1. The van der Waals surface area contributed by atoms with Gasteiger partial charge in [-0.25, -0.2) is 0 Å². The predicted molar refractivity (Wildman–Crippen MR) is 87.1 cm³/mol. The molecule has 136 valence electrons. The number of alkyl halides is 3. The number of hydrogen-bond acceptors (Lipinski definition) is 5. The Labute approximate surface area is 146 Å². The summed E-state index contributed by atoms with van der Waals surface area (Å²) in [4.78, 5) is 11.9. The molecule has 0 unspecified atom stereocenters. The highest BCUT2D eigenvalue weighted by Crippen LogP contribution is 2.26. The van der Waals surface area contributed by atoms with Gasteiger partial charge < -0.3 is 14.6 Å². The van der Waals surface area contributed by atoms with Crippen molar-refractivity contribution < 1.29 is 27.2 Å². The molecule has 1 aromatic carbocycles. The predicted octanol–water partition coefficient (Wildman–Crippen LogP) is 3.74. The van der Waals surface area contributed by atoms with E-state index in [0.717, 1.165) is 11.3 Å². The van der Waals surface area contributed by atoms with Crippen LogP contribution in [0, 0.1) is 13.8 Å². The molecular formula is C16H17F3N2O3S. The lowest BCUT2D eigenvalue weighted by Crippen LogP contribution is -2.25. The van der Waals surface area contributed by atoms with Crippen LogP contribution in [0.5, 0.6) is 5.75 Å². The Bertz CT molecular complexity index is 712. The zero-order valence-electron chi connectivity index (χ0n) is 13.6. The number of aryl methyl sites for hydroxylation is 2. The lowest BCUT2D eigenvalue weighted by molar-refractivity contribution is -0.274. The van der Waals surface area contributed by atoms with Crippen molar-refractivity contribution in [2.24, 2.45) is 0 Å². The number of halogens is 3. The second-order valence-electron chi connectivity index (χ2n) is 5.23. The Morgan fingerprint density at radius 2 is 2.04 bits per heavy atom. The smallest absolute Gasteiger partial charge is 0.405 e. The summed E-state index contributed by atoms with van der Waals surface area (Å²) >= 11 is 1.37. The maximum atomic E-state index is 12.4. The minimum Gasteiger partial charge on any atom is -0.405 e. The van der Waals surface area contributed by atoms with Crippen molar-refractivity contribution in [1.29, 1.82) is 0 Å². The molecule has 0 bridgehead atoms. The minimum atomic E-state index is -4.77. The van der Waals surface area contributed by atoms with Crippen LogP contribution in [0.3, 0.4) is 0 Å². The van der Waals surface area contributed by atoms with Crippen LogP contribution in [0.15, 0.2) is 28.8 Å². The van der Waals surface area contributed by atoms with Crippen molar-refractivity contribution in [2.45, 2.75) is 32.5 Å². The van der Waals surface area contributed by atoms with Crippen molar-refractivity contribution >= 4 is 17.7 Å². The van der Waals surface area contributed by atoms with Gasteiger partial charge in [0.05, 0.1) is 11.4 Å². The lowest BCUT2D eigenvalue weighted by atomic mass is 10.2. The normalized spacial score (nSPS) is 11.4. The van der Waals surface area contributed by atoms with Gasteiger partial charge >= 0.3 is 6.36 Å². The standard InChI is InChI=1S/C16H17F3N2O3S/c1-10-13(11(2)24-21-10)8-25-9-15(22)20-7-12-5-3-4-6-14(12)23-16(17,18)19/h3-6H,7-9H2,1-2H3,(H,20,22). The van der Waals surface area contributed by atoms with Crippen LogP contribution in [0.25, 0.3) is 0 Å². The van der Waals surface area contributed by atoms with Crippen LogP contribution in [-0.4, -0.2) is 23.2 Å². The second-order valence-corrected chi connectivity index (χ2v) is 6.21. The molecule has 1 heterocycles. The van der Waals surface area contributed by atoms with Crippen LogP contribution >= 0.6 is 11.8 Å². The molecule has 1 N–H and O–H groups in total. The number of thioether (sulfide) groups is 1. The van der Waals surface area contributed by atoms with E-state index in [0.29, 0.717) is 11.5 Å². The van der Waals surface area contributed by atoms with Gasteiger partial charge in [-0.15, -0.1) is 24.9 Å². The number of ether oxygens (including phenoxy) is 1. The van der Waals surface area contributed by atoms with Gasteiger partial charge in [0.1, 0.15) is 11.5 Å². The Hall–Kier alpha value is -2.16. The number of hydrogen-bond donors (Lipinski definition) is 1. The second kappa shape index (κ2) is 8.28. The third-order valence-electron chi connectivity index (χ3n) is 3.34. The van der Waals surface area contributed by atoms with Crippen molar-refractivity contribution in [3.8, 4) is 5.75 Å². The molecule has 1 amide bonds. The molecule has 0 radical (unpaired) electrons. The van der Waals surface area contributed by atoms with Gasteiger partial charge in [0.25, 0.3) is 0 Å². The van der Waals surface area contributed by atoms with E-state index in [1.807, 2.05) is 6.92 Å². The highest BCUT2D eigenvalue weighted by molar-refractivity contribution is 7.99. The Balaban J connectivity index is 1.82. The molecule has 25 heavy (non-hydrogen) atoms. The maximum Gasteiger partial charge on any atom is 0.573 e. The van der Waals surface area contributed by atoms with Gasteiger partial charge in [-0.2, -0.15) is 0 Å². The average Bonchev–Trinajstić information content (AvgIpc) is 2.84. The van der Waals surface area contributed by atoms with E-state index in [4.69, 9.17) is 4.52 Å². The van der Waals surface area contributed by atoms with Crippen molar-refractivity contribution in [2.75, 3.05) is 5.75 Å². The zero-order chi connectivity index (χ0) is 18.4. The molecule has 0 fully saturated rings. The number of carbonyl (C=O) groups is 1.